The quantitative estimate of drug-likeness (QED) is 0.832. The number of benzene rings is 1. The van der Waals surface area contributed by atoms with E-state index in [4.69, 9.17) is 0 Å². The van der Waals surface area contributed by atoms with Gasteiger partial charge in [-0.1, -0.05) is 18.2 Å². The molecule has 0 aliphatic carbocycles. The second kappa shape index (κ2) is 5.06. The largest absolute Gasteiger partial charge is 0.505 e. The van der Waals surface area contributed by atoms with Crippen LogP contribution in [0.1, 0.15) is 12.5 Å². The van der Waals surface area contributed by atoms with Crippen LogP contribution in [-0.4, -0.2) is 23.9 Å². The maximum absolute atomic E-state index is 13.5. The third-order valence-electron chi connectivity index (χ3n) is 2.72. The Labute approximate surface area is 109 Å². The van der Waals surface area contributed by atoms with Crippen molar-refractivity contribution in [1.29, 1.82) is 0 Å². The third-order valence-corrected chi connectivity index (χ3v) is 2.72. The van der Waals surface area contributed by atoms with Gasteiger partial charge in [0.25, 0.3) is 0 Å². The number of aliphatic hydroxyl groups excluding tert-OH is 1. The van der Waals surface area contributed by atoms with E-state index in [2.05, 4.69) is 9.73 Å². The molecule has 1 N–H and O–H groups in total. The van der Waals surface area contributed by atoms with Crippen molar-refractivity contribution < 1.29 is 19.0 Å². The molecule has 0 saturated heterocycles. The van der Waals surface area contributed by atoms with Crippen molar-refractivity contribution in [3.63, 3.8) is 0 Å². The van der Waals surface area contributed by atoms with Gasteiger partial charge in [0.15, 0.2) is 5.76 Å². The molecule has 0 aromatic heterocycles. The van der Waals surface area contributed by atoms with E-state index < -0.39 is 11.8 Å². The topological polar surface area (TPSA) is 58.9 Å². The predicted octanol–water partition coefficient (Wildman–Crippen LogP) is 2.63. The average Bonchev–Trinajstić information content (AvgIpc) is 2.66. The Morgan fingerprint density at radius 3 is 2.74 bits per heavy atom. The van der Waals surface area contributed by atoms with E-state index >= 15 is 0 Å². The number of methoxy groups -OCH3 is 1. The second-order valence-corrected chi connectivity index (χ2v) is 3.96. The Hall–Kier alpha value is -2.43. The van der Waals surface area contributed by atoms with E-state index in [9.17, 15) is 14.3 Å². The molecule has 1 aromatic carbocycles. The maximum atomic E-state index is 13.5. The molecule has 0 bridgehead atoms. The fourth-order valence-electron chi connectivity index (χ4n) is 1.78. The molecule has 1 aromatic rings. The zero-order valence-electron chi connectivity index (χ0n) is 10.5. The van der Waals surface area contributed by atoms with Gasteiger partial charge < -0.3 is 9.84 Å². The van der Waals surface area contributed by atoms with Gasteiger partial charge in [-0.25, -0.2) is 14.2 Å². The van der Waals surface area contributed by atoms with E-state index in [-0.39, 0.29) is 22.6 Å². The van der Waals surface area contributed by atoms with Gasteiger partial charge in [0.05, 0.1) is 12.8 Å². The van der Waals surface area contributed by atoms with Crippen LogP contribution in [0.25, 0.3) is 6.08 Å². The highest BCUT2D eigenvalue weighted by atomic mass is 19.1. The van der Waals surface area contributed by atoms with E-state index in [1.54, 1.807) is 25.1 Å². The molecule has 1 aliphatic rings. The molecule has 0 radical (unpaired) electrons. The smallest absolute Gasteiger partial charge is 0.343 e. The van der Waals surface area contributed by atoms with Gasteiger partial charge >= 0.3 is 5.97 Å². The number of nitrogens with zero attached hydrogens (tertiary/aromatic N) is 1. The molecule has 1 aliphatic heterocycles. The zero-order chi connectivity index (χ0) is 14.0. The van der Waals surface area contributed by atoms with Crippen LogP contribution in [0.4, 0.5) is 4.39 Å². The van der Waals surface area contributed by atoms with E-state index in [1.165, 1.54) is 19.3 Å². The van der Waals surface area contributed by atoms with Gasteiger partial charge in [0, 0.05) is 5.56 Å². The van der Waals surface area contributed by atoms with Crippen molar-refractivity contribution in [2.24, 2.45) is 4.99 Å². The summed E-state index contributed by atoms with van der Waals surface area (Å²) in [6, 6.07) is 6.09. The monoisotopic (exact) mass is 261 g/mol. The van der Waals surface area contributed by atoms with E-state index in [0.29, 0.717) is 5.71 Å². The summed E-state index contributed by atoms with van der Waals surface area (Å²) in [5.41, 5.74) is 0.770. The molecule has 1 heterocycles. The van der Waals surface area contributed by atoms with Gasteiger partial charge in [0.2, 0.25) is 0 Å². The average molecular weight is 261 g/mol. The standard InChI is InChI=1S/C14H12FNO3/c1-8-12(14(18)19-2)13(17)11(16-8)7-9-5-3-4-6-10(9)15/h3-7,17H,1-2H3. The van der Waals surface area contributed by atoms with Crippen LogP contribution < -0.4 is 0 Å². The predicted molar refractivity (Wildman–Crippen MR) is 69.2 cm³/mol. The molecule has 5 heteroatoms. The van der Waals surface area contributed by atoms with Crippen LogP contribution in [0.5, 0.6) is 0 Å². The number of esters is 1. The van der Waals surface area contributed by atoms with Crippen LogP contribution in [0.15, 0.2) is 46.3 Å². The third kappa shape index (κ3) is 2.40. The molecule has 0 spiro atoms. The lowest BCUT2D eigenvalue weighted by atomic mass is 10.1. The lowest BCUT2D eigenvalue weighted by molar-refractivity contribution is -0.135. The number of carbonyl (C=O) groups excluding carboxylic acids is 1. The molecular weight excluding hydrogens is 249 g/mol. The van der Waals surface area contributed by atoms with Crippen molar-refractivity contribution in [2.45, 2.75) is 6.92 Å². The second-order valence-electron chi connectivity index (χ2n) is 3.96. The summed E-state index contributed by atoms with van der Waals surface area (Å²) in [6.07, 6.45) is 1.38. The number of aliphatic hydroxyl groups is 1. The molecule has 4 nitrogen and oxygen atoms in total. The van der Waals surface area contributed by atoms with E-state index in [0.717, 1.165) is 0 Å². The number of halogens is 1. The van der Waals surface area contributed by atoms with Gasteiger partial charge in [-0.2, -0.15) is 0 Å². The zero-order valence-corrected chi connectivity index (χ0v) is 10.5. The molecule has 0 atom stereocenters. The molecule has 19 heavy (non-hydrogen) atoms. The molecule has 0 saturated carbocycles. The summed E-state index contributed by atoms with van der Waals surface area (Å²) in [6.45, 7) is 1.57. The minimum Gasteiger partial charge on any atom is -0.505 e. The number of ether oxygens (including phenoxy) is 1. The molecule has 0 fully saturated rings. The van der Waals surface area contributed by atoms with Gasteiger partial charge in [-0.15, -0.1) is 0 Å². The summed E-state index contributed by atoms with van der Waals surface area (Å²) in [5, 5.41) is 9.95. The molecule has 0 amide bonds. The molecule has 0 unspecified atom stereocenters. The Bertz CT molecular complexity index is 629. The first-order chi connectivity index (χ1) is 9.04. The summed E-state index contributed by atoms with van der Waals surface area (Å²) in [5.74, 6) is -1.40. The Morgan fingerprint density at radius 2 is 2.11 bits per heavy atom. The molecule has 2 rings (SSSR count). The van der Waals surface area contributed by atoms with Gasteiger partial charge in [-0.3, -0.25) is 0 Å². The van der Waals surface area contributed by atoms with Crippen molar-refractivity contribution in [1.82, 2.24) is 0 Å². The van der Waals surface area contributed by atoms with E-state index in [1.807, 2.05) is 0 Å². The number of hydrogen-bond acceptors (Lipinski definition) is 4. The Morgan fingerprint density at radius 1 is 1.42 bits per heavy atom. The maximum Gasteiger partial charge on any atom is 0.343 e. The Balaban J connectivity index is 2.47. The highest BCUT2D eigenvalue weighted by molar-refractivity contribution is 6.21. The van der Waals surface area contributed by atoms with Crippen LogP contribution in [-0.2, 0) is 9.53 Å². The first kappa shape index (κ1) is 13.0. The highest BCUT2D eigenvalue weighted by Crippen LogP contribution is 2.26. The fourth-order valence-corrected chi connectivity index (χ4v) is 1.78. The summed E-state index contributed by atoms with van der Waals surface area (Å²) >= 11 is 0. The lowest BCUT2D eigenvalue weighted by Crippen LogP contribution is -2.11. The summed E-state index contributed by atoms with van der Waals surface area (Å²) < 4.78 is 18.1. The van der Waals surface area contributed by atoms with Crippen LogP contribution in [0, 0.1) is 5.82 Å². The van der Waals surface area contributed by atoms with Crippen molar-refractivity contribution >= 4 is 17.8 Å². The highest BCUT2D eigenvalue weighted by Gasteiger charge is 2.27. The van der Waals surface area contributed by atoms with Crippen LogP contribution >= 0.6 is 0 Å². The number of rotatable bonds is 2. The lowest BCUT2D eigenvalue weighted by Gasteiger charge is -2.01. The minimum atomic E-state index is -0.671. The minimum absolute atomic E-state index is 0.00471. The van der Waals surface area contributed by atoms with Crippen molar-refractivity contribution in [3.05, 3.63) is 52.7 Å². The first-order valence-electron chi connectivity index (χ1n) is 5.58. The number of aliphatic imine (C=N–C) groups is 1. The van der Waals surface area contributed by atoms with Crippen LogP contribution in [0.3, 0.4) is 0 Å². The fraction of sp³-hybridized carbons (Fsp3) is 0.143. The van der Waals surface area contributed by atoms with Gasteiger partial charge in [-0.05, 0) is 19.1 Å². The first-order valence-corrected chi connectivity index (χ1v) is 5.58. The Kier molecular flexibility index (Phi) is 3.46. The number of carbonyl (C=O) groups is 1. The summed E-state index contributed by atoms with van der Waals surface area (Å²) in [4.78, 5) is 15.5. The van der Waals surface area contributed by atoms with Crippen LogP contribution in [0.2, 0.25) is 0 Å². The number of hydrogen-bond donors (Lipinski definition) is 1. The normalized spacial score (nSPS) is 16.8. The summed E-state index contributed by atoms with van der Waals surface area (Å²) in [7, 11) is 1.22. The van der Waals surface area contributed by atoms with Crippen molar-refractivity contribution in [3.8, 4) is 0 Å². The SMILES string of the molecule is COC(=O)C1=C(O)C(=Cc2ccccc2F)N=C1C. The van der Waals surface area contributed by atoms with Gasteiger partial charge in [0.1, 0.15) is 17.1 Å². The molecular formula is C14H12FNO3. The van der Waals surface area contributed by atoms with Crippen molar-refractivity contribution in [2.75, 3.05) is 7.11 Å². The molecule has 98 valence electrons.